The van der Waals surface area contributed by atoms with E-state index in [9.17, 15) is 13.2 Å². The third-order valence-corrected chi connectivity index (χ3v) is 2.51. The van der Waals surface area contributed by atoms with E-state index >= 15 is 0 Å². The molecule has 0 saturated carbocycles. The number of hydrogen-bond acceptors (Lipinski definition) is 1. The van der Waals surface area contributed by atoms with Gasteiger partial charge in [0.15, 0.2) is 0 Å². The SMILES string of the molecule is N#Cc1ccc(CI)c(C(F)(F)F)c1. The fourth-order valence-corrected chi connectivity index (χ4v) is 1.69. The molecule has 0 radical (unpaired) electrons. The van der Waals surface area contributed by atoms with E-state index in [2.05, 4.69) is 0 Å². The number of nitriles is 1. The molecule has 0 fully saturated rings. The van der Waals surface area contributed by atoms with Gasteiger partial charge in [-0.05, 0) is 17.7 Å². The van der Waals surface area contributed by atoms with Gasteiger partial charge in [0, 0.05) is 4.43 Å². The Morgan fingerprint density at radius 2 is 2.00 bits per heavy atom. The molecule has 0 aliphatic rings. The lowest BCUT2D eigenvalue weighted by atomic mass is 10.1. The molecule has 0 atom stereocenters. The Morgan fingerprint density at radius 1 is 1.36 bits per heavy atom. The van der Waals surface area contributed by atoms with Crippen molar-refractivity contribution in [2.24, 2.45) is 0 Å². The number of alkyl halides is 4. The summed E-state index contributed by atoms with van der Waals surface area (Å²) in [4.78, 5) is 0. The summed E-state index contributed by atoms with van der Waals surface area (Å²) in [5.74, 6) is 0. The zero-order valence-electron chi connectivity index (χ0n) is 6.90. The number of rotatable bonds is 1. The standard InChI is InChI=1S/C9H5F3IN/c10-9(11,12)8-3-6(5-14)1-2-7(8)4-13/h1-3H,4H2. The van der Waals surface area contributed by atoms with Crippen LogP contribution in [-0.4, -0.2) is 0 Å². The average Bonchev–Trinajstić information content (AvgIpc) is 2.15. The third kappa shape index (κ3) is 2.38. The minimum atomic E-state index is -4.38. The summed E-state index contributed by atoms with van der Waals surface area (Å²) in [6.45, 7) is 0. The lowest BCUT2D eigenvalue weighted by molar-refractivity contribution is -0.138. The lowest BCUT2D eigenvalue weighted by Gasteiger charge is -2.10. The summed E-state index contributed by atoms with van der Waals surface area (Å²) >= 11 is 1.86. The molecular weight excluding hydrogens is 306 g/mol. The van der Waals surface area contributed by atoms with Crippen LogP contribution >= 0.6 is 22.6 Å². The van der Waals surface area contributed by atoms with Crippen LogP contribution in [0, 0.1) is 11.3 Å². The van der Waals surface area contributed by atoms with Crippen molar-refractivity contribution in [1.29, 1.82) is 5.26 Å². The van der Waals surface area contributed by atoms with Crippen LogP contribution in [0.25, 0.3) is 0 Å². The van der Waals surface area contributed by atoms with Crippen LogP contribution in [0.1, 0.15) is 16.7 Å². The van der Waals surface area contributed by atoms with Crippen LogP contribution in [0.5, 0.6) is 0 Å². The zero-order chi connectivity index (χ0) is 10.8. The van der Waals surface area contributed by atoms with Gasteiger partial charge in [-0.15, -0.1) is 0 Å². The van der Waals surface area contributed by atoms with E-state index in [1.807, 2.05) is 22.6 Å². The number of nitrogens with zero attached hydrogens (tertiary/aromatic N) is 1. The van der Waals surface area contributed by atoms with Crippen LogP contribution in [0.15, 0.2) is 18.2 Å². The summed E-state index contributed by atoms with van der Waals surface area (Å²) in [6, 6.07) is 5.30. The number of halogens is 4. The second-order valence-electron chi connectivity index (χ2n) is 2.62. The third-order valence-electron chi connectivity index (χ3n) is 1.69. The van der Waals surface area contributed by atoms with Crippen LogP contribution in [0.2, 0.25) is 0 Å². The van der Waals surface area contributed by atoms with E-state index < -0.39 is 11.7 Å². The minimum Gasteiger partial charge on any atom is -0.192 e. The Labute approximate surface area is 92.7 Å². The molecule has 74 valence electrons. The highest BCUT2D eigenvalue weighted by molar-refractivity contribution is 14.1. The molecule has 0 aliphatic carbocycles. The van der Waals surface area contributed by atoms with E-state index in [4.69, 9.17) is 5.26 Å². The van der Waals surface area contributed by atoms with Crippen molar-refractivity contribution in [1.82, 2.24) is 0 Å². The predicted octanol–water partition coefficient (Wildman–Crippen LogP) is 3.51. The molecule has 0 saturated heterocycles. The molecule has 0 heterocycles. The van der Waals surface area contributed by atoms with Crippen LogP contribution in [0.4, 0.5) is 13.2 Å². The van der Waals surface area contributed by atoms with Crippen molar-refractivity contribution in [3.8, 4) is 6.07 Å². The largest absolute Gasteiger partial charge is 0.416 e. The van der Waals surface area contributed by atoms with E-state index in [0.717, 1.165) is 6.07 Å². The molecule has 0 aromatic heterocycles. The van der Waals surface area contributed by atoms with E-state index in [0.29, 0.717) is 0 Å². The number of hydrogen-bond donors (Lipinski definition) is 0. The average molecular weight is 311 g/mol. The van der Waals surface area contributed by atoms with Crippen molar-refractivity contribution >= 4 is 22.6 Å². The van der Waals surface area contributed by atoms with Crippen LogP contribution < -0.4 is 0 Å². The summed E-state index contributed by atoms with van der Waals surface area (Å²) in [5.41, 5.74) is -0.478. The second kappa shape index (κ2) is 4.17. The first-order valence-electron chi connectivity index (χ1n) is 3.65. The van der Waals surface area contributed by atoms with Gasteiger partial charge in [0.1, 0.15) is 0 Å². The van der Waals surface area contributed by atoms with Gasteiger partial charge in [0.05, 0.1) is 17.2 Å². The smallest absolute Gasteiger partial charge is 0.192 e. The van der Waals surface area contributed by atoms with Gasteiger partial charge in [-0.2, -0.15) is 18.4 Å². The fourth-order valence-electron chi connectivity index (χ4n) is 1.03. The van der Waals surface area contributed by atoms with E-state index in [1.54, 1.807) is 6.07 Å². The van der Waals surface area contributed by atoms with Gasteiger partial charge in [-0.3, -0.25) is 0 Å². The first kappa shape index (κ1) is 11.3. The van der Waals surface area contributed by atoms with Gasteiger partial charge >= 0.3 is 6.18 Å². The normalized spacial score (nSPS) is 11.1. The molecule has 1 rings (SSSR count). The Morgan fingerprint density at radius 3 is 2.43 bits per heavy atom. The molecule has 1 aromatic carbocycles. The topological polar surface area (TPSA) is 23.8 Å². The molecule has 0 spiro atoms. The van der Waals surface area contributed by atoms with Gasteiger partial charge in [-0.1, -0.05) is 28.7 Å². The zero-order valence-corrected chi connectivity index (χ0v) is 9.06. The Balaban J connectivity index is 3.31. The molecule has 5 heteroatoms. The molecule has 1 nitrogen and oxygen atoms in total. The molecule has 0 N–H and O–H groups in total. The van der Waals surface area contributed by atoms with E-state index in [-0.39, 0.29) is 15.6 Å². The molecule has 0 aliphatic heterocycles. The van der Waals surface area contributed by atoms with Crippen molar-refractivity contribution in [2.75, 3.05) is 0 Å². The highest BCUT2D eigenvalue weighted by Gasteiger charge is 2.33. The summed E-state index contributed by atoms with van der Waals surface area (Å²) in [6.07, 6.45) is -4.38. The van der Waals surface area contributed by atoms with E-state index in [1.165, 1.54) is 12.1 Å². The quantitative estimate of drug-likeness (QED) is 0.575. The maximum Gasteiger partial charge on any atom is 0.416 e. The highest BCUT2D eigenvalue weighted by Crippen LogP contribution is 2.33. The Bertz CT molecular complexity index is 379. The Hall–Kier alpha value is -0.770. The molecule has 0 unspecified atom stereocenters. The number of benzene rings is 1. The van der Waals surface area contributed by atoms with Crippen molar-refractivity contribution in [2.45, 2.75) is 10.6 Å². The van der Waals surface area contributed by atoms with Crippen molar-refractivity contribution in [3.05, 3.63) is 34.9 Å². The maximum absolute atomic E-state index is 12.4. The highest BCUT2D eigenvalue weighted by atomic mass is 127. The minimum absolute atomic E-state index is 0.0333. The molecule has 14 heavy (non-hydrogen) atoms. The van der Waals surface area contributed by atoms with Crippen molar-refractivity contribution in [3.63, 3.8) is 0 Å². The molecule has 0 bridgehead atoms. The molecule has 0 amide bonds. The second-order valence-corrected chi connectivity index (χ2v) is 3.38. The molecular formula is C9H5F3IN. The van der Waals surface area contributed by atoms with Crippen molar-refractivity contribution < 1.29 is 13.2 Å². The first-order valence-corrected chi connectivity index (χ1v) is 5.17. The van der Waals surface area contributed by atoms with Gasteiger partial charge in [0.25, 0.3) is 0 Å². The fraction of sp³-hybridized carbons (Fsp3) is 0.222. The van der Waals surface area contributed by atoms with Crippen LogP contribution in [0.3, 0.4) is 0 Å². The van der Waals surface area contributed by atoms with Gasteiger partial charge < -0.3 is 0 Å². The Kier molecular flexibility index (Phi) is 3.37. The molecule has 1 aromatic rings. The maximum atomic E-state index is 12.4. The lowest BCUT2D eigenvalue weighted by Crippen LogP contribution is -2.08. The first-order chi connectivity index (χ1) is 6.49. The summed E-state index contributed by atoms with van der Waals surface area (Å²) in [7, 11) is 0. The van der Waals surface area contributed by atoms with Gasteiger partial charge in [0.2, 0.25) is 0 Å². The van der Waals surface area contributed by atoms with Gasteiger partial charge in [-0.25, -0.2) is 0 Å². The monoisotopic (exact) mass is 311 g/mol. The van der Waals surface area contributed by atoms with Crippen LogP contribution in [-0.2, 0) is 10.6 Å². The summed E-state index contributed by atoms with van der Waals surface area (Å²) in [5, 5.41) is 8.47. The predicted molar refractivity (Wildman–Crippen MR) is 53.9 cm³/mol. The summed E-state index contributed by atoms with van der Waals surface area (Å²) < 4.78 is 37.6.